The highest BCUT2D eigenvalue weighted by molar-refractivity contribution is 5.76. The van der Waals surface area contributed by atoms with Crippen LogP contribution in [0.25, 0.3) is 17.2 Å². The first-order chi connectivity index (χ1) is 13.0. The molecule has 1 aliphatic heterocycles. The number of aryl methyl sites for hydroxylation is 2. The Labute approximate surface area is 156 Å². The summed E-state index contributed by atoms with van der Waals surface area (Å²) in [5, 5.41) is 4.39. The molecule has 1 aliphatic rings. The number of morpholine rings is 1. The minimum absolute atomic E-state index is 0.0209. The maximum atomic E-state index is 12.7. The monoisotopic (exact) mass is 367 g/mol. The molecule has 0 unspecified atom stereocenters. The quantitative estimate of drug-likeness (QED) is 0.691. The lowest BCUT2D eigenvalue weighted by Gasteiger charge is -2.27. The van der Waals surface area contributed by atoms with Gasteiger partial charge in [-0.2, -0.15) is 9.50 Å². The van der Waals surface area contributed by atoms with E-state index >= 15 is 0 Å². The molecule has 8 nitrogen and oxygen atoms in total. The molecule has 0 atom stereocenters. The Balaban J connectivity index is 1.77. The van der Waals surface area contributed by atoms with E-state index in [1.165, 1.54) is 10.6 Å². The van der Waals surface area contributed by atoms with Crippen LogP contribution < -0.4 is 5.56 Å². The number of aromatic nitrogens is 4. The normalized spacial score (nSPS) is 14.7. The van der Waals surface area contributed by atoms with Crippen molar-refractivity contribution in [2.75, 3.05) is 26.3 Å². The lowest BCUT2D eigenvalue weighted by atomic mass is 10.1. The number of fused-ring (bicyclic) bond motifs is 1. The lowest BCUT2D eigenvalue weighted by Crippen LogP contribution is -2.42. The Hall–Kier alpha value is -3.00. The molecule has 8 heteroatoms. The number of carbonyl (C=O) groups excluding carboxylic acids is 1. The van der Waals surface area contributed by atoms with E-state index in [0.717, 1.165) is 11.1 Å². The number of amides is 1. The van der Waals surface area contributed by atoms with Crippen LogP contribution in [0.15, 0.2) is 35.1 Å². The third kappa shape index (κ3) is 3.23. The highest BCUT2D eigenvalue weighted by Gasteiger charge is 2.20. The summed E-state index contributed by atoms with van der Waals surface area (Å²) in [5.74, 6) is 0.829. The molecule has 1 aromatic carbocycles. The molecule has 4 rings (SSSR count). The van der Waals surface area contributed by atoms with Gasteiger partial charge in [0.25, 0.3) is 5.56 Å². The van der Waals surface area contributed by atoms with Gasteiger partial charge in [-0.15, -0.1) is 5.10 Å². The van der Waals surface area contributed by atoms with Crippen molar-refractivity contribution in [3.05, 3.63) is 51.9 Å². The fraction of sp³-hybridized carbons (Fsp3) is 0.368. The lowest BCUT2D eigenvalue weighted by molar-refractivity contribution is -0.135. The fourth-order valence-corrected chi connectivity index (χ4v) is 3.28. The molecule has 0 bridgehead atoms. The van der Waals surface area contributed by atoms with Crippen LogP contribution in [0, 0.1) is 13.8 Å². The average Bonchev–Trinajstić information content (AvgIpc) is 3.11. The van der Waals surface area contributed by atoms with Gasteiger partial charge in [0.15, 0.2) is 5.82 Å². The van der Waals surface area contributed by atoms with Crippen LogP contribution in [0.1, 0.15) is 11.3 Å². The zero-order valence-corrected chi connectivity index (χ0v) is 15.4. The minimum atomic E-state index is -0.259. The van der Waals surface area contributed by atoms with Gasteiger partial charge in [0, 0.05) is 30.4 Å². The van der Waals surface area contributed by atoms with Crippen LogP contribution >= 0.6 is 0 Å². The van der Waals surface area contributed by atoms with Crippen molar-refractivity contribution in [1.29, 1.82) is 0 Å². The number of nitrogens with zero attached hydrogens (tertiary/aromatic N) is 5. The van der Waals surface area contributed by atoms with E-state index in [4.69, 9.17) is 4.74 Å². The number of ether oxygens (including phenoxy) is 1. The highest BCUT2D eigenvalue weighted by atomic mass is 16.5. The van der Waals surface area contributed by atoms with Crippen LogP contribution in [0.2, 0.25) is 0 Å². The second-order valence-corrected chi connectivity index (χ2v) is 6.67. The Morgan fingerprint density at radius 2 is 1.93 bits per heavy atom. The van der Waals surface area contributed by atoms with E-state index < -0.39 is 0 Å². The van der Waals surface area contributed by atoms with Gasteiger partial charge >= 0.3 is 0 Å². The molecule has 3 heterocycles. The summed E-state index contributed by atoms with van der Waals surface area (Å²) in [6, 6.07) is 9.23. The zero-order chi connectivity index (χ0) is 19.0. The van der Waals surface area contributed by atoms with Crippen LogP contribution in [0.4, 0.5) is 0 Å². The number of rotatable bonds is 3. The third-order valence-electron chi connectivity index (χ3n) is 4.84. The van der Waals surface area contributed by atoms with Gasteiger partial charge in [0.05, 0.1) is 13.2 Å². The number of hydrogen-bond acceptors (Lipinski definition) is 5. The molecule has 0 saturated carbocycles. The van der Waals surface area contributed by atoms with Crippen molar-refractivity contribution in [2.45, 2.75) is 20.4 Å². The van der Waals surface area contributed by atoms with Gasteiger partial charge in [-0.3, -0.25) is 9.59 Å². The van der Waals surface area contributed by atoms with Crippen molar-refractivity contribution < 1.29 is 9.53 Å². The maximum Gasteiger partial charge on any atom is 0.275 e. The van der Waals surface area contributed by atoms with Crippen LogP contribution in [0.3, 0.4) is 0 Å². The van der Waals surface area contributed by atoms with Crippen molar-refractivity contribution >= 4 is 11.7 Å². The predicted molar refractivity (Wildman–Crippen MR) is 99.6 cm³/mol. The molecule has 3 aromatic rings. The average molecular weight is 367 g/mol. The van der Waals surface area contributed by atoms with Gasteiger partial charge in [0.1, 0.15) is 6.54 Å². The SMILES string of the molecule is Cc1ccccc1-c1nc2n(CC(=O)N3CCOCC3)c(C)cc(=O)n2n1. The highest BCUT2D eigenvalue weighted by Crippen LogP contribution is 2.20. The molecule has 2 aromatic heterocycles. The van der Waals surface area contributed by atoms with Crippen LogP contribution in [-0.4, -0.2) is 56.3 Å². The second kappa shape index (κ2) is 6.96. The summed E-state index contributed by atoms with van der Waals surface area (Å²) in [5.41, 5.74) is 2.31. The van der Waals surface area contributed by atoms with Crippen molar-refractivity contribution in [2.24, 2.45) is 0 Å². The third-order valence-corrected chi connectivity index (χ3v) is 4.84. The molecule has 0 spiro atoms. The Kier molecular flexibility index (Phi) is 4.49. The largest absolute Gasteiger partial charge is 0.378 e. The predicted octanol–water partition coefficient (Wildman–Crippen LogP) is 1.03. The number of benzene rings is 1. The van der Waals surface area contributed by atoms with E-state index in [2.05, 4.69) is 10.1 Å². The first-order valence-corrected chi connectivity index (χ1v) is 8.93. The topological polar surface area (TPSA) is 81.7 Å². The van der Waals surface area contributed by atoms with Gasteiger partial charge in [-0.05, 0) is 19.4 Å². The molecule has 0 N–H and O–H groups in total. The Morgan fingerprint density at radius 3 is 2.67 bits per heavy atom. The van der Waals surface area contributed by atoms with Gasteiger partial charge in [0.2, 0.25) is 11.7 Å². The molecule has 27 heavy (non-hydrogen) atoms. The molecule has 140 valence electrons. The summed E-state index contributed by atoms with van der Waals surface area (Å²) in [7, 11) is 0. The molecule has 0 radical (unpaired) electrons. The van der Waals surface area contributed by atoms with Crippen LogP contribution in [0.5, 0.6) is 0 Å². The Bertz CT molecular complexity index is 1060. The van der Waals surface area contributed by atoms with Crippen LogP contribution in [-0.2, 0) is 16.1 Å². The molecular weight excluding hydrogens is 346 g/mol. The molecule has 0 aliphatic carbocycles. The molecular formula is C19H21N5O3. The van der Waals surface area contributed by atoms with E-state index in [1.54, 1.807) is 16.4 Å². The summed E-state index contributed by atoms with van der Waals surface area (Å²) < 4.78 is 8.31. The van der Waals surface area contributed by atoms with E-state index in [0.29, 0.717) is 43.6 Å². The second-order valence-electron chi connectivity index (χ2n) is 6.67. The number of hydrogen-bond donors (Lipinski definition) is 0. The zero-order valence-electron chi connectivity index (χ0n) is 15.4. The first-order valence-electron chi connectivity index (χ1n) is 8.93. The van der Waals surface area contributed by atoms with Gasteiger partial charge in [-0.1, -0.05) is 24.3 Å². The molecule has 1 saturated heterocycles. The van der Waals surface area contributed by atoms with E-state index in [1.807, 2.05) is 31.2 Å². The fourth-order valence-electron chi connectivity index (χ4n) is 3.28. The smallest absolute Gasteiger partial charge is 0.275 e. The summed E-state index contributed by atoms with van der Waals surface area (Å²) in [4.78, 5) is 31.5. The van der Waals surface area contributed by atoms with Crippen molar-refractivity contribution in [3.8, 4) is 11.4 Å². The molecule has 1 fully saturated rings. The summed E-state index contributed by atoms with van der Waals surface area (Å²) >= 11 is 0. The number of carbonyl (C=O) groups is 1. The Morgan fingerprint density at radius 1 is 1.19 bits per heavy atom. The van der Waals surface area contributed by atoms with Crippen molar-refractivity contribution in [3.63, 3.8) is 0 Å². The molecule has 1 amide bonds. The van der Waals surface area contributed by atoms with Gasteiger partial charge < -0.3 is 14.2 Å². The van der Waals surface area contributed by atoms with Crippen molar-refractivity contribution in [1.82, 2.24) is 24.1 Å². The van der Waals surface area contributed by atoms with E-state index in [-0.39, 0.29) is 18.0 Å². The van der Waals surface area contributed by atoms with E-state index in [9.17, 15) is 9.59 Å². The summed E-state index contributed by atoms with van der Waals surface area (Å²) in [6.45, 7) is 6.14. The minimum Gasteiger partial charge on any atom is -0.378 e. The standard InChI is InChI=1S/C19H21N5O3/c1-13-5-3-4-6-15(13)18-20-19-23(14(2)11-16(25)24(19)21-18)12-17(26)22-7-9-27-10-8-22/h3-6,11H,7-10,12H2,1-2H3. The first kappa shape index (κ1) is 17.4. The summed E-state index contributed by atoms with van der Waals surface area (Å²) in [6.07, 6.45) is 0. The maximum absolute atomic E-state index is 12.7. The van der Waals surface area contributed by atoms with Gasteiger partial charge in [-0.25, -0.2) is 0 Å².